The van der Waals surface area contributed by atoms with Crippen LogP contribution in [0.2, 0.25) is 0 Å². The van der Waals surface area contributed by atoms with Crippen LogP contribution in [0, 0.1) is 27.7 Å². The Bertz CT molecular complexity index is 1880. The molecule has 1 aliphatic rings. The number of anilines is 4. The van der Waals surface area contributed by atoms with Gasteiger partial charge in [0.25, 0.3) is 0 Å². The molecule has 0 heterocycles. The van der Waals surface area contributed by atoms with E-state index in [1.165, 1.54) is 78.4 Å². The monoisotopic (exact) mass is 668 g/mol. The Kier molecular flexibility index (Phi) is 9.38. The van der Waals surface area contributed by atoms with Crippen LogP contribution in [-0.2, 0) is 5.41 Å². The Morgan fingerprint density at radius 1 is 0.412 bits per heavy atom. The molecule has 2 nitrogen and oxygen atoms in total. The predicted molar refractivity (Wildman–Crippen MR) is 219 cm³/mol. The third-order valence-corrected chi connectivity index (χ3v) is 11.1. The van der Waals surface area contributed by atoms with Crippen LogP contribution in [0.15, 0.2) is 133 Å². The fourth-order valence-corrected chi connectivity index (χ4v) is 8.16. The van der Waals surface area contributed by atoms with Gasteiger partial charge in [-0.15, -0.1) is 0 Å². The zero-order chi connectivity index (χ0) is 35.9. The lowest BCUT2D eigenvalue weighted by molar-refractivity contribution is 0.638. The van der Waals surface area contributed by atoms with Crippen molar-refractivity contribution in [3.63, 3.8) is 0 Å². The van der Waals surface area contributed by atoms with Crippen molar-refractivity contribution in [2.75, 3.05) is 9.80 Å². The van der Waals surface area contributed by atoms with Gasteiger partial charge in [-0.3, -0.25) is 0 Å². The van der Waals surface area contributed by atoms with Crippen LogP contribution in [0.4, 0.5) is 22.7 Å². The SMILES string of the molecule is CCC(c1ccc2c(c1)C(C)(C)c1cc(C(CC)N(c3ccc(C)cc3)c3ccc(C)cc3)ccc1-2)N(c1ccc(C)cc1)c1ccc(C)cc1. The average Bonchev–Trinajstić information content (AvgIpc) is 3.36. The Hall–Kier alpha value is -5.08. The number of hydrogen-bond acceptors (Lipinski definition) is 2. The average molecular weight is 669 g/mol. The lowest BCUT2D eigenvalue weighted by atomic mass is 9.80. The second kappa shape index (κ2) is 13.9. The summed E-state index contributed by atoms with van der Waals surface area (Å²) in [5.74, 6) is 0. The van der Waals surface area contributed by atoms with E-state index >= 15 is 0 Å². The van der Waals surface area contributed by atoms with Gasteiger partial charge in [-0.25, -0.2) is 0 Å². The van der Waals surface area contributed by atoms with E-state index in [0.717, 1.165) is 12.8 Å². The van der Waals surface area contributed by atoms with Gasteiger partial charge in [0.05, 0.1) is 12.1 Å². The maximum atomic E-state index is 2.53. The highest BCUT2D eigenvalue weighted by molar-refractivity contribution is 5.82. The lowest BCUT2D eigenvalue weighted by Gasteiger charge is -2.35. The third kappa shape index (κ3) is 6.49. The van der Waals surface area contributed by atoms with Gasteiger partial charge < -0.3 is 9.80 Å². The van der Waals surface area contributed by atoms with Crippen LogP contribution >= 0.6 is 0 Å². The Balaban J connectivity index is 1.28. The van der Waals surface area contributed by atoms with Crippen LogP contribution in [0.25, 0.3) is 11.1 Å². The minimum atomic E-state index is -0.135. The van der Waals surface area contributed by atoms with Crippen LogP contribution in [0.5, 0.6) is 0 Å². The molecule has 0 aromatic heterocycles. The fourth-order valence-electron chi connectivity index (χ4n) is 8.16. The number of fused-ring (bicyclic) bond motifs is 3. The van der Waals surface area contributed by atoms with Crippen LogP contribution in [0.3, 0.4) is 0 Å². The molecule has 0 amide bonds. The summed E-state index contributed by atoms with van der Waals surface area (Å²) in [4.78, 5) is 5.06. The molecule has 6 aromatic rings. The largest absolute Gasteiger partial charge is 0.334 e. The van der Waals surface area contributed by atoms with Gasteiger partial charge in [0, 0.05) is 28.2 Å². The summed E-state index contributed by atoms with van der Waals surface area (Å²) in [6, 6.07) is 51.0. The molecule has 0 fully saturated rings. The molecule has 2 atom stereocenters. The van der Waals surface area contributed by atoms with E-state index in [4.69, 9.17) is 0 Å². The number of nitrogens with zero attached hydrogens (tertiary/aromatic N) is 2. The highest BCUT2D eigenvalue weighted by Gasteiger charge is 2.37. The van der Waals surface area contributed by atoms with Crippen molar-refractivity contribution in [1.29, 1.82) is 0 Å². The standard InChI is InChI=1S/C49H52N2/c1-9-47(50(39-21-11-33(3)12-22-39)40-23-13-34(4)14-24-40)37-19-29-43-44-30-20-38(32-46(44)49(7,8)45(43)31-37)48(10-2)51(41-25-15-35(5)16-26-41)42-27-17-36(6)18-28-42/h11-32,47-48H,9-10H2,1-8H3. The number of aryl methyl sites for hydroxylation is 4. The summed E-state index contributed by atoms with van der Waals surface area (Å²) in [6.45, 7) is 18.1. The van der Waals surface area contributed by atoms with E-state index in [1.807, 2.05) is 0 Å². The third-order valence-electron chi connectivity index (χ3n) is 11.1. The first-order valence-electron chi connectivity index (χ1n) is 18.7. The molecule has 2 unspecified atom stereocenters. The van der Waals surface area contributed by atoms with Crippen LogP contribution in [-0.4, -0.2) is 0 Å². The minimum absolute atomic E-state index is 0.135. The van der Waals surface area contributed by atoms with Gasteiger partial charge in [-0.2, -0.15) is 0 Å². The molecule has 6 aromatic carbocycles. The van der Waals surface area contributed by atoms with Crippen LogP contribution < -0.4 is 9.80 Å². The molecule has 0 spiro atoms. The van der Waals surface area contributed by atoms with Gasteiger partial charge in [-0.05, 0) is 122 Å². The van der Waals surface area contributed by atoms with Crippen molar-refractivity contribution < 1.29 is 0 Å². The molecular weight excluding hydrogens is 617 g/mol. The molecule has 0 N–H and O–H groups in total. The molecule has 0 saturated heterocycles. The Labute approximate surface area is 306 Å². The molecule has 258 valence electrons. The molecule has 51 heavy (non-hydrogen) atoms. The zero-order valence-corrected chi connectivity index (χ0v) is 31.7. The molecular formula is C49H52N2. The van der Waals surface area contributed by atoms with Crippen molar-refractivity contribution in [3.8, 4) is 11.1 Å². The van der Waals surface area contributed by atoms with Gasteiger partial charge in [0.15, 0.2) is 0 Å². The van der Waals surface area contributed by atoms with Crippen molar-refractivity contribution in [1.82, 2.24) is 0 Å². The number of hydrogen-bond donors (Lipinski definition) is 0. The fraction of sp³-hybridized carbons (Fsp3) is 0.265. The summed E-state index contributed by atoms with van der Waals surface area (Å²) >= 11 is 0. The number of rotatable bonds is 10. The first-order chi connectivity index (χ1) is 24.6. The van der Waals surface area contributed by atoms with Gasteiger partial charge in [0.2, 0.25) is 0 Å². The summed E-state index contributed by atoms with van der Waals surface area (Å²) in [6.07, 6.45) is 1.98. The number of benzene rings is 6. The Morgan fingerprint density at radius 3 is 0.941 bits per heavy atom. The van der Waals surface area contributed by atoms with Gasteiger partial charge in [0.1, 0.15) is 0 Å². The molecule has 0 aliphatic heterocycles. The van der Waals surface area contributed by atoms with Crippen molar-refractivity contribution in [3.05, 3.63) is 178 Å². The second-order valence-electron chi connectivity index (χ2n) is 15.2. The molecule has 2 heteroatoms. The minimum Gasteiger partial charge on any atom is -0.334 e. The maximum absolute atomic E-state index is 2.53. The molecule has 0 bridgehead atoms. The highest BCUT2D eigenvalue weighted by atomic mass is 15.2. The van der Waals surface area contributed by atoms with Gasteiger partial charge in [-0.1, -0.05) is 135 Å². The van der Waals surface area contributed by atoms with Crippen LogP contribution in [0.1, 0.15) is 97.1 Å². The van der Waals surface area contributed by atoms with E-state index in [2.05, 4.69) is 199 Å². The predicted octanol–water partition coefficient (Wildman–Crippen LogP) is 13.8. The van der Waals surface area contributed by atoms with E-state index in [0.29, 0.717) is 0 Å². The van der Waals surface area contributed by atoms with Crippen molar-refractivity contribution >= 4 is 22.7 Å². The van der Waals surface area contributed by atoms with Gasteiger partial charge >= 0.3 is 0 Å². The smallest absolute Gasteiger partial charge is 0.0589 e. The first kappa shape index (κ1) is 34.4. The molecule has 1 aliphatic carbocycles. The Morgan fingerprint density at radius 2 is 0.686 bits per heavy atom. The summed E-state index contributed by atoms with van der Waals surface area (Å²) in [7, 11) is 0. The lowest BCUT2D eigenvalue weighted by Crippen LogP contribution is -2.25. The van der Waals surface area contributed by atoms with E-state index in [1.54, 1.807) is 0 Å². The van der Waals surface area contributed by atoms with E-state index in [-0.39, 0.29) is 17.5 Å². The zero-order valence-electron chi connectivity index (χ0n) is 31.7. The first-order valence-corrected chi connectivity index (χ1v) is 18.7. The maximum Gasteiger partial charge on any atom is 0.0589 e. The van der Waals surface area contributed by atoms with Crippen molar-refractivity contribution in [2.24, 2.45) is 0 Å². The molecule has 0 radical (unpaired) electrons. The quantitative estimate of drug-likeness (QED) is 0.143. The molecule has 7 rings (SSSR count). The topological polar surface area (TPSA) is 6.48 Å². The normalized spacial score (nSPS) is 14.0. The van der Waals surface area contributed by atoms with Crippen molar-refractivity contribution in [2.45, 2.75) is 85.7 Å². The summed E-state index contributed by atoms with van der Waals surface area (Å²) < 4.78 is 0. The molecule has 0 saturated carbocycles. The van der Waals surface area contributed by atoms with E-state index < -0.39 is 0 Å². The highest BCUT2D eigenvalue weighted by Crippen LogP contribution is 2.51. The van der Waals surface area contributed by atoms with E-state index in [9.17, 15) is 0 Å². The summed E-state index contributed by atoms with van der Waals surface area (Å²) in [5.41, 5.74) is 18.1. The second-order valence-corrected chi connectivity index (χ2v) is 15.2. The summed E-state index contributed by atoms with van der Waals surface area (Å²) in [5, 5.41) is 0.